The SMILES string of the molecule is COc1ccc(OC)c(-c2csc(NC(=O)[C@@H](NC(=O)c3ccccc3F)C(C)C)n2)c1. The highest BCUT2D eigenvalue weighted by atomic mass is 32.1. The van der Waals surface area contributed by atoms with E-state index >= 15 is 0 Å². The van der Waals surface area contributed by atoms with Gasteiger partial charge in [0.15, 0.2) is 5.13 Å². The predicted octanol–water partition coefficient (Wildman–Crippen LogP) is 4.36. The average Bonchev–Trinajstić information content (AvgIpc) is 3.25. The number of nitrogens with one attached hydrogen (secondary N) is 2. The summed E-state index contributed by atoms with van der Waals surface area (Å²) in [6.45, 7) is 3.58. The maximum absolute atomic E-state index is 13.9. The van der Waals surface area contributed by atoms with Crippen LogP contribution in [-0.4, -0.2) is 37.1 Å². The van der Waals surface area contributed by atoms with Gasteiger partial charge >= 0.3 is 0 Å². The Morgan fingerprint density at radius 3 is 2.50 bits per heavy atom. The minimum Gasteiger partial charge on any atom is -0.497 e. The zero-order valence-corrected chi connectivity index (χ0v) is 19.0. The zero-order chi connectivity index (χ0) is 23.3. The van der Waals surface area contributed by atoms with Crippen LogP contribution >= 0.6 is 11.3 Å². The lowest BCUT2D eigenvalue weighted by Crippen LogP contribution is -2.47. The van der Waals surface area contributed by atoms with Gasteiger partial charge in [-0.05, 0) is 36.2 Å². The Bertz CT molecular complexity index is 1120. The molecular formula is C23H24FN3O4S. The van der Waals surface area contributed by atoms with Crippen molar-refractivity contribution in [2.24, 2.45) is 5.92 Å². The summed E-state index contributed by atoms with van der Waals surface area (Å²) < 4.78 is 24.6. The van der Waals surface area contributed by atoms with Crippen molar-refractivity contribution in [2.75, 3.05) is 19.5 Å². The van der Waals surface area contributed by atoms with Crippen molar-refractivity contribution in [3.63, 3.8) is 0 Å². The Morgan fingerprint density at radius 1 is 1.09 bits per heavy atom. The van der Waals surface area contributed by atoms with Gasteiger partial charge in [-0.15, -0.1) is 11.3 Å². The summed E-state index contributed by atoms with van der Waals surface area (Å²) in [5, 5.41) is 7.50. The Labute approximate surface area is 189 Å². The zero-order valence-electron chi connectivity index (χ0n) is 18.1. The number of carbonyl (C=O) groups is 2. The number of rotatable bonds is 8. The van der Waals surface area contributed by atoms with Gasteiger partial charge in [0.1, 0.15) is 23.4 Å². The highest BCUT2D eigenvalue weighted by Crippen LogP contribution is 2.35. The van der Waals surface area contributed by atoms with Crippen LogP contribution in [0.3, 0.4) is 0 Å². The van der Waals surface area contributed by atoms with Crippen molar-refractivity contribution in [1.82, 2.24) is 10.3 Å². The van der Waals surface area contributed by atoms with Gasteiger partial charge in [-0.25, -0.2) is 9.37 Å². The average molecular weight is 458 g/mol. The molecule has 1 aromatic heterocycles. The van der Waals surface area contributed by atoms with Crippen molar-refractivity contribution in [1.29, 1.82) is 0 Å². The molecule has 9 heteroatoms. The van der Waals surface area contributed by atoms with Crippen LogP contribution in [-0.2, 0) is 4.79 Å². The number of aromatic nitrogens is 1. The van der Waals surface area contributed by atoms with Gasteiger partial charge in [-0.2, -0.15) is 0 Å². The molecule has 0 bridgehead atoms. The van der Waals surface area contributed by atoms with E-state index in [9.17, 15) is 14.0 Å². The fourth-order valence-corrected chi connectivity index (χ4v) is 3.77. The number of anilines is 1. The normalized spacial score (nSPS) is 11.7. The number of nitrogens with zero attached hydrogens (tertiary/aromatic N) is 1. The second kappa shape index (κ2) is 10.2. The van der Waals surface area contributed by atoms with E-state index in [1.165, 1.54) is 29.5 Å². The summed E-state index contributed by atoms with van der Waals surface area (Å²) in [5.41, 5.74) is 1.21. The van der Waals surface area contributed by atoms with Crippen LogP contribution in [0.1, 0.15) is 24.2 Å². The number of ether oxygens (including phenoxy) is 2. The molecule has 0 aliphatic heterocycles. The highest BCUT2D eigenvalue weighted by Gasteiger charge is 2.26. The van der Waals surface area contributed by atoms with E-state index < -0.39 is 23.7 Å². The third-order valence-electron chi connectivity index (χ3n) is 4.77. The van der Waals surface area contributed by atoms with Crippen molar-refractivity contribution in [3.8, 4) is 22.8 Å². The van der Waals surface area contributed by atoms with Gasteiger partial charge < -0.3 is 20.1 Å². The molecule has 1 atom stereocenters. The first-order valence-corrected chi connectivity index (χ1v) is 10.8. The lowest BCUT2D eigenvalue weighted by molar-refractivity contribution is -0.118. The van der Waals surface area contributed by atoms with Crippen LogP contribution < -0.4 is 20.1 Å². The van der Waals surface area contributed by atoms with Crippen LogP contribution in [0.15, 0.2) is 47.8 Å². The summed E-state index contributed by atoms with van der Waals surface area (Å²) in [5.74, 6) is -0.712. The number of amides is 2. The van der Waals surface area contributed by atoms with Crippen LogP contribution in [0.5, 0.6) is 11.5 Å². The number of carbonyl (C=O) groups excluding carboxylic acids is 2. The summed E-state index contributed by atoms with van der Waals surface area (Å²) in [6.07, 6.45) is 0. The molecule has 7 nitrogen and oxygen atoms in total. The molecule has 0 unspecified atom stereocenters. The second-order valence-electron chi connectivity index (χ2n) is 7.27. The third kappa shape index (κ3) is 5.23. The van der Waals surface area contributed by atoms with Crippen molar-refractivity contribution in [3.05, 3.63) is 59.2 Å². The third-order valence-corrected chi connectivity index (χ3v) is 5.53. The first kappa shape index (κ1) is 23.2. The van der Waals surface area contributed by atoms with E-state index in [2.05, 4.69) is 15.6 Å². The van der Waals surface area contributed by atoms with Crippen molar-refractivity contribution >= 4 is 28.3 Å². The Kier molecular flexibility index (Phi) is 7.42. The number of hydrogen-bond acceptors (Lipinski definition) is 6. The monoisotopic (exact) mass is 457 g/mol. The van der Waals surface area contributed by atoms with E-state index in [4.69, 9.17) is 9.47 Å². The molecule has 32 heavy (non-hydrogen) atoms. The first-order valence-electron chi connectivity index (χ1n) is 9.88. The standard InChI is InChI=1S/C23H24FN3O4S/c1-13(2)20(26-21(28)15-7-5-6-8-17(15)24)22(29)27-23-25-18(12-32-23)16-11-14(30-3)9-10-19(16)31-4/h5-13,20H,1-4H3,(H,26,28)(H,25,27,29)/t20-/m0/s1. The number of halogens is 1. The Balaban J connectivity index is 1.77. The molecule has 168 valence electrons. The summed E-state index contributed by atoms with van der Waals surface area (Å²) >= 11 is 1.24. The Hall–Kier alpha value is -3.46. The molecule has 0 aliphatic carbocycles. The molecule has 0 saturated heterocycles. The van der Waals surface area contributed by atoms with Gasteiger partial charge in [0, 0.05) is 10.9 Å². The molecule has 2 N–H and O–H groups in total. The molecule has 3 rings (SSSR count). The van der Waals surface area contributed by atoms with Crippen molar-refractivity contribution < 1.29 is 23.5 Å². The molecule has 1 heterocycles. The number of methoxy groups -OCH3 is 2. The summed E-state index contributed by atoms with van der Waals surface area (Å²) in [4.78, 5) is 29.8. The molecule has 0 fully saturated rings. The topological polar surface area (TPSA) is 89.5 Å². The van der Waals surface area contributed by atoms with E-state index in [0.29, 0.717) is 22.3 Å². The summed E-state index contributed by atoms with van der Waals surface area (Å²) in [6, 6.07) is 10.1. The fraction of sp³-hybridized carbons (Fsp3) is 0.261. The quantitative estimate of drug-likeness (QED) is 0.525. The summed E-state index contributed by atoms with van der Waals surface area (Å²) in [7, 11) is 3.13. The smallest absolute Gasteiger partial charge is 0.254 e. The van der Waals surface area contributed by atoms with Crippen LogP contribution in [0.2, 0.25) is 0 Å². The van der Waals surface area contributed by atoms with Crippen molar-refractivity contribution in [2.45, 2.75) is 19.9 Å². The van der Waals surface area contributed by atoms with E-state index in [0.717, 1.165) is 5.56 Å². The first-order chi connectivity index (χ1) is 15.3. The molecule has 0 radical (unpaired) electrons. The molecule has 2 amide bonds. The molecule has 0 spiro atoms. The van der Waals surface area contributed by atoms with Gasteiger partial charge in [0.2, 0.25) is 5.91 Å². The maximum Gasteiger partial charge on any atom is 0.254 e. The minimum atomic E-state index is -0.874. The van der Waals surface area contributed by atoms with E-state index in [1.54, 1.807) is 57.7 Å². The van der Waals surface area contributed by atoms with Gasteiger partial charge in [0.05, 0.1) is 25.5 Å². The molecule has 2 aromatic carbocycles. The number of benzene rings is 2. The second-order valence-corrected chi connectivity index (χ2v) is 8.13. The largest absolute Gasteiger partial charge is 0.497 e. The van der Waals surface area contributed by atoms with Crippen LogP contribution in [0.25, 0.3) is 11.3 Å². The van der Waals surface area contributed by atoms with Crippen LogP contribution in [0, 0.1) is 11.7 Å². The van der Waals surface area contributed by atoms with Crippen LogP contribution in [0.4, 0.5) is 9.52 Å². The fourth-order valence-electron chi connectivity index (χ4n) is 3.05. The van der Waals surface area contributed by atoms with Gasteiger partial charge in [0.25, 0.3) is 5.91 Å². The molecule has 3 aromatic rings. The van der Waals surface area contributed by atoms with Gasteiger partial charge in [-0.1, -0.05) is 26.0 Å². The molecule has 0 aliphatic rings. The van der Waals surface area contributed by atoms with E-state index in [-0.39, 0.29) is 11.5 Å². The lowest BCUT2D eigenvalue weighted by atomic mass is 10.0. The lowest BCUT2D eigenvalue weighted by Gasteiger charge is -2.21. The molecule has 0 saturated carbocycles. The highest BCUT2D eigenvalue weighted by molar-refractivity contribution is 7.14. The minimum absolute atomic E-state index is 0.118. The van der Waals surface area contributed by atoms with E-state index in [1.807, 2.05) is 0 Å². The Morgan fingerprint density at radius 2 is 1.84 bits per heavy atom. The maximum atomic E-state index is 13.9. The number of thiazole rings is 1. The van der Waals surface area contributed by atoms with Gasteiger partial charge in [-0.3, -0.25) is 9.59 Å². The number of hydrogen-bond donors (Lipinski definition) is 2. The molecular weight excluding hydrogens is 433 g/mol. The predicted molar refractivity (Wildman–Crippen MR) is 122 cm³/mol.